The summed E-state index contributed by atoms with van der Waals surface area (Å²) < 4.78 is 5.84. The second-order valence-corrected chi connectivity index (χ2v) is 6.95. The molecule has 1 saturated heterocycles. The summed E-state index contributed by atoms with van der Waals surface area (Å²) in [5.41, 5.74) is 0.619. The molecule has 2 amide bonds. The van der Waals surface area contributed by atoms with Crippen LogP contribution in [-0.2, 0) is 4.79 Å². The van der Waals surface area contributed by atoms with Gasteiger partial charge in [-0.1, -0.05) is 13.8 Å². The molecule has 1 fully saturated rings. The van der Waals surface area contributed by atoms with E-state index in [4.69, 9.17) is 4.74 Å². The van der Waals surface area contributed by atoms with Crippen molar-refractivity contribution in [2.75, 3.05) is 13.2 Å². The smallest absolute Gasteiger partial charge is 0.251 e. The zero-order chi connectivity index (χ0) is 17.7. The monoisotopic (exact) mass is 332 g/mol. The maximum Gasteiger partial charge on any atom is 0.251 e. The van der Waals surface area contributed by atoms with Gasteiger partial charge in [-0.2, -0.15) is 0 Å². The first kappa shape index (κ1) is 18.3. The van der Waals surface area contributed by atoms with Gasteiger partial charge in [0.05, 0.1) is 6.04 Å². The maximum absolute atomic E-state index is 12.2. The van der Waals surface area contributed by atoms with Gasteiger partial charge in [0.2, 0.25) is 5.91 Å². The maximum atomic E-state index is 12.2. The van der Waals surface area contributed by atoms with Crippen molar-refractivity contribution in [1.82, 2.24) is 10.2 Å². The number of nitrogens with zero attached hydrogens (tertiary/aromatic N) is 1. The van der Waals surface area contributed by atoms with Gasteiger partial charge >= 0.3 is 0 Å². The van der Waals surface area contributed by atoms with Crippen LogP contribution in [0, 0.1) is 5.92 Å². The van der Waals surface area contributed by atoms with E-state index in [-0.39, 0.29) is 29.8 Å². The summed E-state index contributed by atoms with van der Waals surface area (Å²) >= 11 is 0. The van der Waals surface area contributed by atoms with E-state index in [2.05, 4.69) is 5.32 Å². The van der Waals surface area contributed by atoms with Gasteiger partial charge in [0.25, 0.3) is 5.91 Å². The fourth-order valence-electron chi connectivity index (χ4n) is 2.87. The fraction of sp³-hybridized carbons (Fsp3) is 0.579. The quantitative estimate of drug-likeness (QED) is 0.871. The number of amides is 2. The zero-order valence-electron chi connectivity index (χ0n) is 15.0. The molecule has 0 saturated carbocycles. The summed E-state index contributed by atoms with van der Waals surface area (Å²) in [5.74, 6) is 0.854. The molecular weight excluding hydrogens is 304 g/mol. The van der Waals surface area contributed by atoms with E-state index in [1.54, 1.807) is 24.3 Å². The van der Waals surface area contributed by atoms with Gasteiger partial charge < -0.3 is 15.0 Å². The number of carbonyl (C=O) groups is 2. The molecule has 1 aromatic rings. The van der Waals surface area contributed by atoms with Gasteiger partial charge in [-0.25, -0.2) is 0 Å². The Kier molecular flexibility index (Phi) is 6.23. The molecule has 0 spiro atoms. The molecular formula is C19H28N2O3. The van der Waals surface area contributed by atoms with Crippen molar-refractivity contribution >= 4 is 11.8 Å². The Hall–Kier alpha value is -2.04. The Balaban J connectivity index is 1.90. The summed E-state index contributed by atoms with van der Waals surface area (Å²) in [5, 5.41) is 2.86. The van der Waals surface area contributed by atoms with Gasteiger partial charge in [0, 0.05) is 24.1 Å². The molecule has 0 aromatic heterocycles. The lowest BCUT2D eigenvalue weighted by molar-refractivity contribution is -0.135. The van der Waals surface area contributed by atoms with E-state index in [9.17, 15) is 9.59 Å². The molecule has 1 heterocycles. The Labute approximate surface area is 144 Å². The molecule has 1 aliphatic rings. The van der Waals surface area contributed by atoms with Crippen molar-refractivity contribution in [1.29, 1.82) is 0 Å². The first-order valence-corrected chi connectivity index (χ1v) is 8.72. The largest absolute Gasteiger partial charge is 0.491 e. The molecule has 1 aromatic carbocycles. The molecule has 1 atom stereocenters. The Bertz CT molecular complexity index is 566. The Morgan fingerprint density at radius 3 is 2.46 bits per heavy atom. The van der Waals surface area contributed by atoms with Crippen LogP contribution in [0.5, 0.6) is 5.75 Å². The van der Waals surface area contributed by atoms with Crippen LogP contribution in [0.15, 0.2) is 24.3 Å². The minimum absolute atomic E-state index is 0.0179. The number of ether oxygens (including phenoxy) is 1. The number of nitrogens with one attached hydrogen (secondary N) is 1. The van der Waals surface area contributed by atoms with Crippen LogP contribution in [-0.4, -0.2) is 41.9 Å². The van der Waals surface area contributed by atoms with Crippen LogP contribution in [0.2, 0.25) is 0 Å². The average molecular weight is 332 g/mol. The van der Waals surface area contributed by atoms with Gasteiger partial charge in [-0.3, -0.25) is 9.59 Å². The number of hydrogen-bond acceptors (Lipinski definition) is 3. The van der Waals surface area contributed by atoms with Gasteiger partial charge in [-0.05, 0) is 51.0 Å². The molecule has 0 aliphatic carbocycles. The van der Waals surface area contributed by atoms with E-state index < -0.39 is 0 Å². The Morgan fingerprint density at radius 1 is 1.21 bits per heavy atom. The van der Waals surface area contributed by atoms with Crippen molar-refractivity contribution in [2.45, 2.75) is 52.6 Å². The molecule has 1 N–H and O–H groups in total. The van der Waals surface area contributed by atoms with Crippen LogP contribution in [0.1, 0.15) is 50.9 Å². The van der Waals surface area contributed by atoms with Crippen molar-refractivity contribution < 1.29 is 14.3 Å². The number of rotatable bonds is 6. The summed E-state index contributed by atoms with van der Waals surface area (Å²) in [4.78, 5) is 26.1. The zero-order valence-corrected chi connectivity index (χ0v) is 15.0. The second kappa shape index (κ2) is 8.18. The molecule has 2 rings (SSSR count). The molecule has 0 radical (unpaired) electrons. The normalized spacial score (nSPS) is 17.4. The van der Waals surface area contributed by atoms with E-state index >= 15 is 0 Å². The highest BCUT2D eigenvalue weighted by molar-refractivity contribution is 5.94. The third kappa shape index (κ3) is 4.73. The summed E-state index contributed by atoms with van der Waals surface area (Å²) in [7, 11) is 0. The molecule has 0 bridgehead atoms. The lowest BCUT2D eigenvalue weighted by atomic mass is 10.1. The standard InChI is InChI=1S/C19H28N2O3/c1-13(2)19(23)21-11-5-6-16(21)12-24-17-9-7-15(8-10-17)18(22)20-14(3)4/h7-10,13-14,16H,5-6,11-12H2,1-4H3,(H,20,22). The second-order valence-electron chi connectivity index (χ2n) is 6.95. The summed E-state index contributed by atoms with van der Waals surface area (Å²) in [6.45, 7) is 9.04. The van der Waals surface area contributed by atoms with Crippen LogP contribution < -0.4 is 10.1 Å². The lowest BCUT2D eigenvalue weighted by Gasteiger charge is -2.26. The van der Waals surface area contributed by atoms with Crippen LogP contribution in [0.3, 0.4) is 0 Å². The predicted octanol–water partition coefficient (Wildman–Crippen LogP) is 2.85. The topological polar surface area (TPSA) is 58.6 Å². The molecule has 1 aliphatic heterocycles. The molecule has 24 heavy (non-hydrogen) atoms. The van der Waals surface area contributed by atoms with Gasteiger partial charge in [0.15, 0.2) is 0 Å². The van der Waals surface area contributed by atoms with Gasteiger partial charge in [-0.15, -0.1) is 0 Å². The van der Waals surface area contributed by atoms with E-state index in [1.165, 1.54) is 0 Å². The van der Waals surface area contributed by atoms with Crippen molar-refractivity contribution in [2.24, 2.45) is 5.92 Å². The molecule has 132 valence electrons. The predicted molar refractivity (Wildman–Crippen MR) is 94.1 cm³/mol. The van der Waals surface area contributed by atoms with Crippen molar-refractivity contribution in [3.63, 3.8) is 0 Å². The lowest BCUT2D eigenvalue weighted by Crippen LogP contribution is -2.41. The minimum atomic E-state index is -0.0824. The highest BCUT2D eigenvalue weighted by Crippen LogP contribution is 2.21. The summed E-state index contributed by atoms with van der Waals surface area (Å²) in [6, 6.07) is 7.39. The van der Waals surface area contributed by atoms with E-state index in [0.717, 1.165) is 25.1 Å². The molecule has 1 unspecified atom stereocenters. The van der Waals surface area contributed by atoms with Crippen molar-refractivity contribution in [3.05, 3.63) is 29.8 Å². The highest BCUT2D eigenvalue weighted by atomic mass is 16.5. The SMILES string of the molecule is CC(C)NC(=O)c1ccc(OCC2CCCN2C(=O)C(C)C)cc1. The van der Waals surface area contributed by atoms with Gasteiger partial charge in [0.1, 0.15) is 12.4 Å². The first-order valence-electron chi connectivity index (χ1n) is 8.72. The number of benzene rings is 1. The minimum Gasteiger partial charge on any atom is -0.491 e. The van der Waals surface area contributed by atoms with Crippen LogP contribution in [0.25, 0.3) is 0 Å². The third-order valence-electron chi connectivity index (χ3n) is 4.13. The fourth-order valence-corrected chi connectivity index (χ4v) is 2.87. The number of carbonyl (C=O) groups excluding carboxylic acids is 2. The summed E-state index contributed by atoms with van der Waals surface area (Å²) in [6.07, 6.45) is 2.01. The first-order chi connectivity index (χ1) is 11.4. The average Bonchev–Trinajstić information content (AvgIpc) is 3.00. The third-order valence-corrected chi connectivity index (χ3v) is 4.13. The van der Waals surface area contributed by atoms with Crippen LogP contribution >= 0.6 is 0 Å². The van der Waals surface area contributed by atoms with E-state index in [0.29, 0.717) is 12.2 Å². The Morgan fingerprint density at radius 2 is 1.88 bits per heavy atom. The molecule has 5 heteroatoms. The number of likely N-dealkylation sites (tertiary alicyclic amines) is 1. The van der Waals surface area contributed by atoms with E-state index in [1.807, 2.05) is 32.6 Å². The highest BCUT2D eigenvalue weighted by Gasteiger charge is 2.30. The number of hydrogen-bond donors (Lipinski definition) is 1. The van der Waals surface area contributed by atoms with Crippen molar-refractivity contribution in [3.8, 4) is 5.75 Å². The molecule has 5 nitrogen and oxygen atoms in total. The van der Waals surface area contributed by atoms with Crippen LogP contribution in [0.4, 0.5) is 0 Å².